The predicted octanol–water partition coefficient (Wildman–Crippen LogP) is 3.82. The summed E-state index contributed by atoms with van der Waals surface area (Å²) < 4.78 is 27.4. The standard InChI is InChI=1S/C17H20F2N2/c1-3-12-8-9-13(21-11-12)10-16(20-4-2)14-6-5-7-15(18)17(14)19/h5-9,11,16,20H,3-4,10H2,1-2H3. The van der Waals surface area contributed by atoms with Gasteiger partial charge in [-0.2, -0.15) is 0 Å². The van der Waals surface area contributed by atoms with Crippen molar-refractivity contribution in [1.29, 1.82) is 0 Å². The molecule has 1 unspecified atom stereocenters. The van der Waals surface area contributed by atoms with Crippen LogP contribution in [0.3, 0.4) is 0 Å². The molecule has 1 aromatic heterocycles. The molecule has 0 amide bonds. The van der Waals surface area contributed by atoms with Crippen LogP contribution in [0.25, 0.3) is 0 Å². The van der Waals surface area contributed by atoms with Gasteiger partial charge in [-0.1, -0.05) is 32.0 Å². The van der Waals surface area contributed by atoms with Gasteiger partial charge in [-0.15, -0.1) is 0 Å². The van der Waals surface area contributed by atoms with Crippen LogP contribution in [0.1, 0.15) is 36.7 Å². The van der Waals surface area contributed by atoms with E-state index >= 15 is 0 Å². The summed E-state index contributed by atoms with van der Waals surface area (Å²) in [6.07, 6.45) is 3.29. The highest BCUT2D eigenvalue weighted by atomic mass is 19.2. The first-order valence-electron chi connectivity index (χ1n) is 7.26. The third-order valence-electron chi connectivity index (χ3n) is 3.51. The number of nitrogens with zero attached hydrogens (tertiary/aromatic N) is 1. The van der Waals surface area contributed by atoms with Crippen LogP contribution in [0.5, 0.6) is 0 Å². The largest absolute Gasteiger partial charge is 0.310 e. The zero-order chi connectivity index (χ0) is 15.2. The fourth-order valence-electron chi connectivity index (χ4n) is 2.32. The Morgan fingerprint density at radius 3 is 2.57 bits per heavy atom. The zero-order valence-electron chi connectivity index (χ0n) is 12.4. The molecule has 1 aromatic carbocycles. The number of rotatable bonds is 6. The SMILES string of the molecule is CCNC(Cc1ccc(CC)cn1)c1cccc(F)c1F. The Kier molecular flexibility index (Phi) is 5.39. The number of benzene rings is 1. The molecule has 0 saturated heterocycles. The molecule has 0 aliphatic heterocycles. The highest BCUT2D eigenvalue weighted by Gasteiger charge is 2.18. The molecule has 0 spiro atoms. The summed E-state index contributed by atoms with van der Waals surface area (Å²) in [7, 11) is 0. The number of nitrogens with one attached hydrogen (secondary N) is 1. The molecule has 1 atom stereocenters. The van der Waals surface area contributed by atoms with Crippen molar-refractivity contribution in [2.75, 3.05) is 6.54 Å². The Morgan fingerprint density at radius 1 is 1.14 bits per heavy atom. The fourth-order valence-corrected chi connectivity index (χ4v) is 2.32. The molecule has 112 valence electrons. The smallest absolute Gasteiger partial charge is 0.163 e. The van der Waals surface area contributed by atoms with E-state index in [1.807, 2.05) is 25.3 Å². The van der Waals surface area contributed by atoms with Crippen LogP contribution >= 0.6 is 0 Å². The third kappa shape index (κ3) is 3.85. The molecule has 0 radical (unpaired) electrons. The molecule has 0 aliphatic rings. The van der Waals surface area contributed by atoms with Crippen LogP contribution in [0, 0.1) is 11.6 Å². The van der Waals surface area contributed by atoms with E-state index in [1.165, 1.54) is 6.07 Å². The van der Waals surface area contributed by atoms with E-state index in [9.17, 15) is 8.78 Å². The van der Waals surface area contributed by atoms with Gasteiger partial charge in [-0.05, 0) is 30.7 Å². The van der Waals surface area contributed by atoms with Crippen LogP contribution in [-0.4, -0.2) is 11.5 Å². The highest BCUT2D eigenvalue weighted by Crippen LogP contribution is 2.22. The number of hydrogen-bond acceptors (Lipinski definition) is 2. The summed E-state index contributed by atoms with van der Waals surface area (Å²) in [4.78, 5) is 4.39. The average molecular weight is 290 g/mol. The molecule has 2 rings (SSSR count). The minimum absolute atomic E-state index is 0.286. The minimum atomic E-state index is -0.815. The van der Waals surface area contributed by atoms with Gasteiger partial charge in [-0.3, -0.25) is 4.98 Å². The highest BCUT2D eigenvalue weighted by molar-refractivity contribution is 5.25. The summed E-state index contributed by atoms with van der Waals surface area (Å²) in [6, 6.07) is 7.97. The molecule has 0 bridgehead atoms. The lowest BCUT2D eigenvalue weighted by Crippen LogP contribution is -2.24. The lowest BCUT2D eigenvalue weighted by Gasteiger charge is -2.19. The number of halogens is 2. The van der Waals surface area contributed by atoms with E-state index in [0.29, 0.717) is 18.5 Å². The molecular weight excluding hydrogens is 270 g/mol. The normalized spacial score (nSPS) is 12.4. The first kappa shape index (κ1) is 15.6. The monoisotopic (exact) mass is 290 g/mol. The fraction of sp³-hybridized carbons (Fsp3) is 0.353. The van der Waals surface area contributed by atoms with Gasteiger partial charge in [0.15, 0.2) is 11.6 Å². The molecule has 0 aliphatic carbocycles. The van der Waals surface area contributed by atoms with Crippen LogP contribution in [0.2, 0.25) is 0 Å². The third-order valence-corrected chi connectivity index (χ3v) is 3.51. The van der Waals surface area contributed by atoms with Crippen molar-refractivity contribution in [2.45, 2.75) is 32.7 Å². The van der Waals surface area contributed by atoms with Crippen LogP contribution in [0.4, 0.5) is 8.78 Å². The summed E-state index contributed by atoms with van der Waals surface area (Å²) in [5.74, 6) is -1.60. The Balaban J connectivity index is 2.24. The van der Waals surface area contributed by atoms with Crippen molar-refractivity contribution >= 4 is 0 Å². The number of likely N-dealkylation sites (N-methyl/N-ethyl adjacent to an activating group) is 1. The molecule has 1 heterocycles. The quantitative estimate of drug-likeness (QED) is 0.875. The molecule has 2 aromatic rings. The molecule has 21 heavy (non-hydrogen) atoms. The van der Waals surface area contributed by atoms with Crippen molar-refractivity contribution in [3.63, 3.8) is 0 Å². The number of hydrogen-bond donors (Lipinski definition) is 1. The minimum Gasteiger partial charge on any atom is -0.310 e. The van der Waals surface area contributed by atoms with Gasteiger partial charge in [0.1, 0.15) is 0 Å². The number of aryl methyl sites for hydroxylation is 1. The maximum Gasteiger partial charge on any atom is 0.163 e. The van der Waals surface area contributed by atoms with E-state index < -0.39 is 11.6 Å². The van der Waals surface area contributed by atoms with Gasteiger partial charge in [0, 0.05) is 29.9 Å². The van der Waals surface area contributed by atoms with Gasteiger partial charge < -0.3 is 5.32 Å². The lowest BCUT2D eigenvalue weighted by molar-refractivity contribution is 0.463. The van der Waals surface area contributed by atoms with E-state index in [-0.39, 0.29) is 6.04 Å². The summed E-state index contributed by atoms with van der Waals surface area (Å²) in [6.45, 7) is 4.69. The molecule has 4 heteroatoms. The summed E-state index contributed by atoms with van der Waals surface area (Å²) in [5, 5.41) is 3.20. The first-order valence-corrected chi connectivity index (χ1v) is 7.26. The second-order valence-corrected chi connectivity index (χ2v) is 4.97. The number of aromatic nitrogens is 1. The molecule has 0 saturated carbocycles. The number of pyridine rings is 1. The molecule has 2 nitrogen and oxygen atoms in total. The van der Waals surface area contributed by atoms with E-state index in [2.05, 4.69) is 17.2 Å². The maximum absolute atomic E-state index is 14.0. The second kappa shape index (κ2) is 7.27. The molecule has 1 N–H and O–H groups in total. The van der Waals surface area contributed by atoms with E-state index in [4.69, 9.17) is 0 Å². The zero-order valence-corrected chi connectivity index (χ0v) is 12.4. The Labute approximate surface area is 124 Å². The summed E-state index contributed by atoms with van der Waals surface area (Å²) in [5.41, 5.74) is 2.37. The van der Waals surface area contributed by atoms with E-state index in [1.54, 1.807) is 6.07 Å². The predicted molar refractivity (Wildman–Crippen MR) is 80.1 cm³/mol. The summed E-state index contributed by atoms with van der Waals surface area (Å²) >= 11 is 0. The maximum atomic E-state index is 14.0. The van der Waals surface area contributed by atoms with Crippen molar-refractivity contribution in [3.8, 4) is 0 Å². The Morgan fingerprint density at radius 2 is 1.95 bits per heavy atom. The van der Waals surface area contributed by atoms with E-state index in [0.717, 1.165) is 23.7 Å². The van der Waals surface area contributed by atoms with Crippen molar-refractivity contribution in [1.82, 2.24) is 10.3 Å². The Bertz CT molecular complexity index is 582. The van der Waals surface area contributed by atoms with Crippen molar-refractivity contribution in [2.24, 2.45) is 0 Å². The van der Waals surface area contributed by atoms with Crippen LogP contribution in [0.15, 0.2) is 36.5 Å². The topological polar surface area (TPSA) is 24.9 Å². The van der Waals surface area contributed by atoms with Gasteiger partial charge in [0.2, 0.25) is 0 Å². The second-order valence-electron chi connectivity index (χ2n) is 4.97. The van der Waals surface area contributed by atoms with Crippen molar-refractivity contribution < 1.29 is 8.78 Å². The first-order chi connectivity index (χ1) is 10.2. The van der Waals surface area contributed by atoms with Gasteiger partial charge in [0.25, 0.3) is 0 Å². The van der Waals surface area contributed by atoms with Crippen LogP contribution in [-0.2, 0) is 12.8 Å². The lowest BCUT2D eigenvalue weighted by atomic mass is 10.0. The Hall–Kier alpha value is -1.81. The van der Waals surface area contributed by atoms with Gasteiger partial charge >= 0.3 is 0 Å². The van der Waals surface area contributed by atoms with Gasteiger partial charge in [0.05, 0.1) is 0 Å². The van der Waals surface area contributed by atoms with Crippen LogP contribution < -0.4 is 5.32 Å². The van der Waals surface area contributed by atoms with Crippen molar-refractivity contribution in [3.05, 3.63) is 65.0 Å². The molecule has 0 fully saturated rings. The average Bonchev–Trinajstić information content (AvgIpc) is 2.50. The molecular formula is C17H20F2N2. The van der Waals surface area contributed by atoms with Gasteiger partial charge in [-0.25, -0.2) is 8.78 Å².